The van der Waals surface area contributed by atoms with E-state index in [0.29, 0.717) is 17.7 Å². The zero-order chi connectivity index (χ0) is 10.9. The SMILES string of the molecule is CCc1c(N)ccc(N)c1S(C)(=O)=O. The minimum Gasteiger partial charge on any atom is -0.398 e. The summed E-state index contributed by atoms with van der Waals surface area (Å²) in [5, 5.41) is 0. The van der Waals surface area contributed by atoms with Gasteiger partial charge in [0.1, 0.15) is 0 Å². The number of sulfone groups is 1. The van der Waals surface area contributed by atoms with Crippen LogP contribution in [0.2, 0.25) is 0 Å². The lowest BCUT2D eigenvalue weighted by Crippen LogP contribution is -2.08. The molecule has 0 radical (unpaired) electrons. The van der Waals surface area contributed by atoms with E-state index in [4.69, 9.17) is 11.5 Å². The average Bonchev–Trinajstić information content (AvgIpc) is 2.06. The lowest BCUT2D eigenvalue weighted by Gasteiger charge is -2.11. The second kappa shape index (κ2) is 3.49. The van der Waals surface area contributed by atoms with Gasteiger partial charge in [0, 0.05) is 11.9 Å². The third-order valence-corrected chi connectivity index (χ3v) is 3.28. The molecule has 0 saturated heterocycles. The van der Waals surface area contributed by atoms with Gasteiger partial charge in [-0.2, -0.15) is 0 Å². The van der Waals surface area contributed by atoms with Crippen LogP contribution in [-0.2, 0) is 16.3 Å². The maximum Gasteiger partial charge on any atom is 0.177 e. The molecule has 78 valence electrons. The number of nitrogens with two attached hydrogens (primary N) is 2. The number of hydrogen-bond acceptors (Lipinski definition) is 4. The minimum absolute atomic E-state index is 0.167. The molecule has 0 aliphatic carbocycles. The summed E-state index contributed by atoms with van der Waals surface area (Å²) in [5.41, 5.74) is 12.6. The van der Waals surface area contributed by atoms with Gasteiger partial charge in [0.2, 0.25) is 0 Å². The van der Waals surface area contributed by atoms with E-state index in [2.05, 4.69) is 0 Å². The molecule has 4 N–H and O–H groups in total. The molecular weight excluding hydrogens is 200 g/mol. The van der Waals surface area contributed by atoms with Gasteiger partial charge < -0.3 is 11.5 Å². The largest absolute Gasteiger partial charge is 0.398 e. The predicted octanol–water partition coefficient (Wildman–Crippen LogP) is 0.817. The third-order valence-electron chi connectivity index (χ3n) is 2.05. The van der Waals surface area contributed by atoms with Crippen molar-refractivity contribution in [3.05, 3.63) is 17.7 Å². The second-order valence-corrected chi connectivity index (χ2v) is 5.13. The molecule has 1 aromatic carbocycles. The van der Waals surface area contributed by atoms with Crippen molar-refractivity contribution in [1.82, 2.24) is 0 Å². The van der Waals surface area contributed by atoms with E-state index in [9.17, 15) is 8.42 Å². The van der Waals surface area contributed by atoms with E-state index in [-0.39, 0.29) is 10.6 Å². The van der Waals surface area contributed by atoms with Crippen LogP contribution in [0, 0.1) is 0 Å². The highest BCUT2D eigenvalue weighted by atomic mass is 32.2. The fraction of sp³-hybridized carbons (Fsp3) is 0.333. The summed E-state index contributed by atoms with van der Waals surface area (Å²) in [6, 6.07) is 3.15. The van der Waals surface area contributed by atoms with Gasteiger partial charge in [0.25, 0.3) is 0 Å². The molecule has 0 aliphatic rings. The minimum atomic E-state index is -3.30. The van der Waals surface area contributed by atoms with E-state index in [1.165, 1.54) is 6.07 Å². The molecule has 1 aromatic rings. The van der Waals surface area contributed by atoms with Gasteiger partial charge in [-0.1, -0.05) is 6.92 Å². The Labute approximate surface area is 83.8 Å². The van der Waals surface area contributed by atoms with Crippen molar-refractivity contribution < 1.29 is 8.42 Å². The Morgan fingerprint density at radius 3 is 2.07 bits per heavy atom. The number of rotatable bonds is 2. The van der Waals surface area contributed by atoms with Gasteiger partial charge in [-0.05, 0) is 24.1 Å². The Morgan fingerprint density at radius 2 is 1.71 bits per heavy atom. The molecule has 0 spiro atoms. The van der Waals surface area contributed by atoms with Crippen LogP contribution in [0.5, 0.6) is 0 Å². The van der Waals surface area contributed by atoms with Crippen molar-refractivity contribution in [3.63, 3.8) is 0 Å². The Kier molecular flexibility index (Phi) is 2.71. The number of benzene rings is 1. The molecule has 4 nitrogen and oxygen atoms in total. The first-order valence-corrected chi connectivity index (χ1v) is 6.14. The van der Waals surface area contributed by atoms with Crippen molar-refractivity contribution in [1.29, 1.82) is 0 Å². The topological polar surface area (TPSA) is 86.2 Å². The predicted molar refractivity (Wildman–Crippen MR) is 57.8 cm³/mol. The fourth-order valence-corrected chi connectivity index (χ4v) is 2.67. The van der Waals surface area contributed by atoms with E-state index in [0.717, 1.165) is 6.26 Å². The Hall–Kier alpha value is -1.23. The summed E-state index contributed by atoms with van der Waals surface area (Å²) >= 11 is 0. The van der Waals surface area contributed by atoms with E-state index in [1.807, 2.05) is 6.92 Å². The highest BCUT2D eigenvalue weighted by molar-refractivity contribution is 7.91. The first-order valence-electron chi connectivity index (χ1n) is 4.24. The fourth-order valence-electron chi connectivity index (χ4n) is 1.46. The molecule has 0 unspecified atom stereocenters. The average molecular weight is 214 g/mol. The van der Waals surface area contributed by atoms with Gasteiger partial charge in [-0.15, -0.1) is 0 Å². The van der Waals surface area contributed by atoms with Gasteiger partial charge in [0.15, 0.2) is 9.84 Å². The molecule has 0 aliphatic heterocycles. The van der Waals surface area contributed by atoms with Crippen LogP contribution in [0.3, 0.4) is 0 Å². The van der Waals surface area contributed by atoms with Gasteiger partial charge in [0.05, 0.1) is 10.6 Å². The first-order chi connectivity index (χ1) is 6.38. The molecule has 1 rings (SSSR count). The van der Waals surface area contributed by atoms with Crippen LogP contribution in [0.15, 0.2) is 17.0 Å². The molecule has 14 heavy (non-hydrogen) atoms. The molecule has 0 atom stereocenters. The third kappa shape index (κ3) is 1.82. The molecule has 0 saturated carbocycles. The smallest absolute Gasteiger partial charge is 0.177 e. The zero-order valence-corrected chi connectivity index (χ0v) is 9.06. The van der Waals surface area contributed by atoms with Gasteiger partial charge in [-0.25, -0.2) is 8.42 Å². The van der Waals surface area contributed by atoms with Crippen LogP contribution in [-0.4, -0.2) is 14.7 Å². The van der Waals surface area contributed by atoms with Crippen LogP contribution in [0.4, 0.5) is 11.4 Å². The van der Waals surface area contributed by atoms with Crippen molar-refractivity contribution in [2.45, 2.75) is 18.2 Å². The Morgan fingerprint density at radius 1 is 1.21 bits per heavy atom. The molecule has 0 amide bonds. The standard InChI is InChI=1S/C9H14N2O2S/c1-3-6-7(10)4-5-8(11)9(6)14(2,12)13/h4-5H,3,10-11H2,1-2H3. The lowest BCUT2D eigenvalue weighted by molar-refractivity contribution is 0.601. The van der Waals surface area contributed by atoms with Crippen molar-refractivity contribution >= 4 is 21.2 Å². The summed E-state index contributed by atoms with van der Waals surface area (Å²) in [5.74, 6) is 0. The monoisotopic (exact) mass is 214 g/mol. The van der Waals surface area contributed by atoms with Crippen LogP contribution < -0.4 is 11.5 Å². The van der Waals surface area contributed by atoms with Gasteiger partial charge >= 0.3 is 0 Å². The molecular formula is C9H14N2O2S. The maximum atomic E-state index is 11.5. The molecule has 0 aromatic heterocycles. The summed E-state index contributed by atoms with van der Waals surface area (Å²) in [4.78, 5) is 0.167. The highest BCUT2D eigenvalue weighted by Crippen LogP contribution is 2.28. The van der Waals surface area contributed by atoms with E-state index in [1.54, 1.807) is 6.07 Å². The lowest BCUT2D eigenvalue weighted by atomic mass is 10.1. The number of anilines is 2. The molecule has 0 heterocycles. The second-order valence-electron chi connectivity index (χ2n) is 3.18. The molecule has 5 heteroatoms. The maximum absolute atomic E-state index is 11.5. The number of nitrogen functional groups attached to an aromatic ring is 2. The zero-order valence-electron chi connectivity index (χ0n) is 8.24. The quantitative estimate of drug-likeness (QED) is 0.713. The summed E-state index contributed by atoms with van der Waals surface area (Å²) < 4.78 is 22.9. The van der Waals surface area contributed by atoms with Crippen LogP contribution in [0.25, 0.3) is 0 Å². The van der Waals surface area contributed by atoms with Crippen molar-refractivity contribution in [3.8, 4) is 0 Å². The Balaban J connectivity index is 3.63. The number of hydrogen-bond donors (Lipinski definition) is 2. The summed E-state index contributed by atoms with van der Waals surface area (Å²) in [7, 11) is -3.30. The van der Waals surface area contributed by atoms with E-state index >= 15 is 0 Å². The molecule has 0 bridgehead atoms. The van der Waals surface area contributed by atoms with E-state index < -0.39 is 9.84 Å². The van der Waals surface area contributed by atoms with Crippen LogP contribution >= 0.6 is 0 Å². The first kappa shape index (κ1) is 10.8. The van der Waals surface area contributed by atoms with Crippen molar-refractivity contribution in [2.75, 3.05) is 17.7 Å². The Bertz CT molecular complexity index is 452. The summed E-state index contributed by atoms with van der Waals surface area (Å²) in [6.07, 6.45) is 1.69. The summed E-state index contributed by atoms with van der Waals surface area (Å²) in [6.45, 7) is 1.85. The van der Waals surface area contributed by atoms with Crippen molar-refractivity contribution in [2.24, 2.45) is 0 Å². The highest BCUT2D eigenvalue weighted by Gasteiger charge is 2.17. The molecule has 0 fully saturated rings. The van der Waals surface area contributed by atoms with Gasteiger partial charge in [-0.3, -0.25) is 0 Å². The van der Waals surface area contributed by atoms with Crippen LogP contribution in [0.1, 0.15) is 12.5 Å². The normalized spacial score (nSPS) is 11.6.